The SMILES string of the molecule is CC1(C)CNCCNCCNCCNCCNC1. The topological polar surface area (TPSA) is 60.1 Å². The van der Waals surface area contributed by atoms with Crippen molar-refractivity contribution in [2.75, 3.05) is 65.4 Å². The van der Waals surface area contributed by atoms with Gasteiger partial charge in [-0.25, -0.2) is 0 Å². The van der Waals surface area contributed by atoms with Crippen LogP contribution in [-0.4, -0.2) is 65.4 Å². The molecule has 0 spiro atoms. The van der Waals surface area contributed by atoms with Crippen LogP contribution in [0, 0.1) is 5.41 Å². The van der Waals surface area contributed by atoms with E-state index in [0.717, 1.165) is 65.4 Å². The van der Waals surface area contributed by atoms with E-state index in [4.69, 9.17) is 0 Å². The van der Waals surface area contributed by atoms with Gasteiger partial charge in [0.2, 0.25) is 0 Å². The van der Waals surface area contributed by atoms with Crippen LogP contribution in [-0.2, 0) is 0 Å². The lowest BCUT2D eigenvalue weighted by atomic mass is 9.93. The summed E-state index contributed by atoms with van der Waals surface area (Å²) in [4.78, 5) is 0. The monoisotopic (exact) mass is 257 g/mol. The third kappa shape index (κ3) is 8.83. The van der Waals surface area contributed by atoms with Crippen LogP contribution in [0.2, 0.25) is 0 Å². The first-order valence-corrected chi connectivity index (χ1v) is 7.24. The number of hydrogen-bond donors (Lipinski definition) is 5. The molecule has 1 heterocycles. The summed E-state index contributed by atoms with van der Waals surface area (Å²) in [6, 6.07) is 0. The van der Waals surface area contributed by atoms with E-state index in [-0.39, 0.29) is 0 Å². The van der Waals surface area contributed by atoms with Crippen molar-refractivity contribution in [2.24, 2.45) is 5.41 Å². The number of hydrogen-bond acceptors (Lipinski definition) is 5. The molecule has 1 rings (SSSR count). The molecule has 1 aliphatic heterocycles. The molecule has 0 aromatic rings. The smallest absolute Gasteiger partial charge is 0.00772 e. The number of rotatable bonds is 0. The molecule has 0 aromatic carbocycles. The maximum Gasteiger partial charge on any atom is 0.00772 e. The minimum atomic E-state index is 0.318. The summed E-state index contributed by atoms with van der Waals surface area (Å²) in [7, 11) is 0. The largest absolute Gasteiger partial charge is 0.315 e. The first-order chi connectivity index (χ1) is 8.71. The van der Waals surface area contributed by atoms with Gasteiger partial charge in [0.1, 0.15) is 0 Å². The van der Waals surface area contributed by atoms with Crippen LogP contribution < -0.4 is 26.6 Å². The highest BCUT2D eigenvalue weighted by Gasteiger charge is 2.16. The van der Waals surface area contributed by atoms with Gasteiger partial charge >= 0.3 is 0 Å². The predicted molar refractivity (Wildman–Crippen MR) is 78.1 cm³/mol. The molecule has 0 unspecified atom stereocenters. The van der Waals surface area contributed by atoms with E-state index in [1.807, 2.05) is 0 Å². The Morgan fingerprint density at radius 1 is 0.500 bits per heavy atom. The van der Waals surface area contributed by atoms with Gasteiger partial charge in [-0.3, -0.25) is 0 Å². The van der Waals surface area contributed by atoms with Crippen molar-refractivity contribution in [1.82, 2.24) is 26.6 Å². The van der Waals surface area contributed by atoms with E-state index < -0.39 is 0 Å². The van der Waals surface area contributed by atoms with Crippen molar-refractivity contribution >= 4 is 0 Å². The lowest BCUT2D eigenvalue weighted by Gasteiger charge is -2.26. The van der Waals surface area contributed by atoms with Crippen molar-refractivity contribution in [3.05, 3.63) is 0 Å². The molecule has 0 aliphatic carbocycles. The Morgan fingerprint density at radius 2 is 0.778 bits per heavy atom. The Balaban J connectivity index is 2.20. The lowest BCUT2D eigenvalue weighted by Crippen LogP contribution is -2.43. The van der Waals surface area contributed by atoms with Gasteiger partial charge in [-0.15, -0.1) is 0 Å². The summed E-state index contributed by atoms with van der Waals surface area (Å²) in [5, 5.41) is 17.3. The molecule has 0 aromatic heterocycles. The number of nitrogens with one attached hydrogen (secondary N) is 5. The summed E-state index contributed by atoms with van der Waals surface area (Å²) in [6.07, 6.45) is 0. The molecule has 0 atom stereocenters. The minimum absolute atomic E-state index is 0.318. The molecular weight excluding hydrogens is 226 g/mol. The Kier molecular flexibility index (Phi) is 8.54. The van der Waals surface area contributed by atoms with Crippen molar-refractivity contribution < 1.29 is 0 Å². The van der Waals surface area contributed by atoms with Gasteiger partial charge in [-0.05, 0) is 5.41 Å². The molecule has 1 fully saturated rings. The van der Waals surface area contributed by atoms with E-state index >= 15 is 0 Å². The van der Waals surface area contributed by atoms with Crippen LogP contribution in [0.25, 0.3) is 0 Å². The van der Waals surface area contributed by atoms with Crippen LogP contribution in [0.4, 0.5) is 0 Å². The average molecular weight is 257 g/mol. The van der Waals surface area contributed by atoms with Crippen molar-refractivity contribution in [3.63, 3.8) is 0 Å². The molecule has 1 aliphatic rings. The Bertz CT molecular complexity index is 178. The quantitative estimate of drug-likeness (QED) is 0.384. The Morgan fingerprint density at radius 3 is 1.11 bits per heavy atom. The fraction of sp³-hybridized carbons (Fsp3) is 1.00. The summed E-state index contributed by atoms with van der Waals surface area (Å²) in [5.41, 5.74) is 0.318. The summed E-state index contributed by atoms with van der Waals surface area (Å²) in [6.45, 7) is 15.1. The highest BCUT2D eigenvalue weighted by Crippen LogP contribution is 2.10. The zero-order valence-electron chi connectivity index (χ0n) is 12.1. The van der Waals surface area contributed by atoms with Gasteiger partial charge in [0.15, 0.2) is 0 Å². The molecular formula is C13H31N5. The highest BCUT2D eigenvalue weighted by molar-refractivity contribution is 4.75. The van der Waals surface area contributed by atoms with Crippen LogP contribution >= 0.6 is 0 Å². The van der Waals surface area contributed by atoms with Gasteiger partial charge in [0, 0.05) is 65.4 Å². The molecule has 1 saturated heterocycles. The summed E-state index contributed by atoms with van der Waals surface area (Å²) >= 11 is 0. The predicted octanol–water partition coefficient (Wildman–Crippen LogP) is -1.03. The average Bonchev–Trinajstić information content (AvgIpc) is 2.32. The molecule has 5 N–H and O–H groups in total. The molecule has 0 bridgehead atoms. The molecule has 0 saturated carbocycles. The Hall–Kier alpha value is -0.200. The fourth-order valence-corrected chi connectivity index (χ4v) is 2.00. The second kappa shape index (κ2) is 9.69. The van der Waals surface area contributed by atoms with E-state index in [9.17, 15) is 0 Å². The van der Waals surface area contributed by atoms with Gasteiger partial charge in [0.05, 0.1) is 0 Å². The minimum Gasteiger partial charge on any atom is -0.315 e. The van der Waals surface area contributed by atoms with E-state index in [2.05, 4.69) is 40.4 Å². The van der Waals surface area contributed by atoms with Crippen LogP contribution in [0.5, 0.6) is 0 Å². The molecule has 0 radical (unpaired) electrons. The van der Waals surface area contributed by atoms with E-state index in [1.54, 1.807) is 0 Å². The standard InChI is InChI=1S/C13H31N5/c1-13(2)11-17-9-7-15-5-3-14-4-6-16-8-10-18-12-13/h14-18H,3-12H2,1-2H3. The van der Waals surface area contributed by atoms with Crippen molar-refractivity contribution in [3.8, 4) is 0 Å². The zero-order valence-corrected chi connectivity index (χ0v) is 12.1. The third-order valence-electron chi connectivity index (χ3n) is 3.12. The molecule has 5 heteroatoms. The molecule has 18 heavy (non-hydrogen) atoms. The van der Waals surface area contributed by atoms with Crippen molar-refractivity contribution in [1.29, 1.82) is 0 Å². The molecule has 5 nitrogen and oxygen atoms in total. The van der Waals surface area contributed by atoms with Gasteiger partial charge in [0.25, 0.3) is 0 Å². The van der Waals surface area contributed by atoms with Gasteiger partial charge < -0.3 is 26.6 Å². The highest BCUT2D eigenvalue weighted by atomic mass is 15.0. The molecule has 0 amide bonds. The van der Waals surface area contributed by atoms with Crippen LogP contribution in [0.15, 0.2) is 0 Å². The summed E-state index contributed by atoms with van der Waals surface area (Å²) in [5.74, 6) is 0. The van der Waals surface area contributed by atoms with E-state index in [0.29, 0.717) is 5.41 Å². The Labute approximate surface area is 112 Å². The zero-order chi connectivity index (χ0) is 13.1. The first-order valence-electron chi connectivity index (χ1n) is 7.24. The van der Waals surface area contributed by atoms with E-state index in [1.165, 1.54) is 0 Å². The third-order valence-corrected chi connectivity index (χ3v) is 3.12. The maximum atomic E-state index is 3.52. The van der Waals surface area contributed by atoms with Gasteiger partial charge in [-0.1, -0.05) is 13.8 Å². The maximum absolute atomic E-state index is 3.52. The summed E-state index contributed by atoms with van der Waals surface area (Å²) < 4.78 is 0. The second-order valence-corrected chi connectivity index (χ2v) is 5.77. The first kappa shape index (κ1) is 15.9. The molecule has 108 valence electrons. The lowest BCUT2D eigenvalue weighted by molar-refractivity contribution is 0.320. The van der Waals surface area contributed by atoms with Gasteiger partial charge in [-0.2, -0.15) is 0 Å². The van der Waals surface area contributed by atoms with Crippen LogP contribution in [0.3, 0.4) is 0 Å². The second-order valence-electron chi connectivity index (χ2n) is 5.77. The normalized spacial score (nSPS) is 25.7. The van der Waals surface area contributed by atoms with Crippen molar-refractivity contribution in [2.45, 2.75) is 13.8 Å². The fourth-order valence-electron chi connectivity index (χ4n) is 2.00. The van der Waals surface area contributed by atoms with Crippen LogP contribution in [0.1, 0.15) is 13.8 Å².